The lowest BCUT2D eigenvalue weighted by Crippen LogP contribution is -2.55. The standard InChI is InChI=1S/C14H25NO3/c1-5-7-11(16)10-14(8-6-9-14)15-12(17)18-13(2,3)4/h5-10H2,1-4H3,(H,15,17). The normalized spacial score (nSPS) is 17.8. The Balaban J connectivity index is 2.50. The van der Waals surface area contributed by atoms with Gasteiger partial charge in [0, 0.05) is 12.8 Å². The zero-order chi connectivity index (χ0) is 13.8. The van der Waals surface area contributed by atoms with E-state index in [4.69, 9.17) is 4.74 Å². The Hall–Kier alpha value is -1.06. The van der Waals surface area contributed by atoms with Crippen molar-refractivity contribution in [1.82, 2.24) is 5.32 Å². The third-order valence-corrected chi connectivity index (χ3v) is 3.14. The van der Waals surface area contributed by atoms with Crippen LogP contribution in [0.3, 0.4) is 0 Å². The molecule has 0 aromatic rings. The minimum Gasteiger partial charge on any atom is -0.444 e. The summed E-state index contributed by atoms with van der Waals surface area (Å²) >= 11 is 0. The van der Waals surface area contributed by atoms with Gasteiger partial charge in [-0.15, -0.1) is 0 Å². The van der Waals surface area contributed by atoms with E-state index in [9.17, 15) is 9.59 Å². The lowest BCUT2D eigenvalue weighted by Gasteiger charge is -2.42. The van der Waals surface area contributed by atoms with Crippen molar-refractivity contribution >= 4 is 11.9 Å². The topological polar surface area (TPSA) is 55.4 Å². The Morgan fingerprint density at radius 2 is 1.89 bits per heavy atom. The molecule has 1 aliphatic rings. The van der Waals surface area contributed by atoms with Crippen LogP contribution in [0.1, 0.15) is 66.2 Å². The number of amides is 1. The number of alkyl carbamates (subject to hydrolysis) is 1. The quantitative estimate of drug-likeness (QED) is 0.820. The van der Waals surface area contributed by atoms with Crippen molar-refractivity contribution in [2.24, 2.45) is 0 Å². The molecule has 0 bridgehead atoms. The molecule has 1 N–H and O–H groups in total. The Morgan fingerprint density at radius 1 is 1.28 bits per heavy atom. The molecule has 0 atom stereocenters. The second kappa shape index (κ2) is 5.72. The predicted octanol–water partition coefficient (Wildman–Crippen LogP) is 3.19. The number of Topliss-reactive ketones (excluding diaryl/α,β-unsaturated/α-hetero) is 1. The molecule has 4 heteroatoms. The van der Waals surface area contributed by atoms with Gasteiger partial charge in [0.15, 0.2) is 0 Å². The van der Waals surface area contributed by atoms with Gasteiger partial charge in [-0.3, -0.25) is 4.79 Å². The van der Waals surface area contributed by atoms with Crippen LogP contribution in [0.2, 0.25) is 0 Å². The Morgan fingerprint density at radius 3 is 2.28 bits per heavy atom. The molecule has 0 aliphatic heterocycles. The molecule has 0 heterocycles. The molecule has 0 saturated heterocycles. The van der Waals surface area contributed by atoms with Crippen molar-refractivity contribution < 1.29 is 14.3 Å². The van der Waals surface area contributed by atoms with Gasteiger partial charge in [0.05, 0.1) is 5.54 Å². The van der Waals surface area contributed by atoms with Crippen LogP contribution in [0.5, 0.6) is 0 Å². The largest absolute Gasteiger partial charge is 0.444 e. The summed E-state index contributed by atoms with van der Waals surface area (Å²) in [6.07, 6.45) is 4.31. The second-order valence-electron chi connectivity index (χ2n) is 6.23. The fraction of sp³-hybridized carbons (Fsp3) is 0.857. The first-order chi connectivity index (χ1) is 8.26. The Kier molecular flexibility index (Phi) is 4.77. The summed E-state index contributed by atoms with van der Waals surface area (Å²) in [7, 11) is 0. The van der Waals surface area contributed by atoms with Gasteiger partial charge in [0.25, 0.3) is 0 Å². The maximum Gasteiger partial charge on any atom is 0.408 e. The van der Waals surface area contributed by atoms with Crippen LogP contribution in [0, 0.1) is 0 Å². The second-order valence-corrected chi connectivity index (χ2v) is 6.23. The fourth-order valence-electron chi connectivity index (χ4n) is 2.21. The highest BCUT2D eigenvalue weighted by molar-refractivity contribution is 5.81. The third kappa shape index (κ3) is 4.67. The van der Waals surface area contributed by atoms with Gasteiger partial charge in [-0.25, -0.2) is 4.79 Å². The van der Waals surface area contributed by atoms with Crippen molar-refractivity contribution in [1.29, 1.82) is 0 Å². The number of rotatable bonds is 5. The van der Waals surface area contributed by atoms with Crippen molar-refractivity contribution in [3.8, 4) is 0 Å². The molecule has 0 unspecified atom stereocenters. The lowest BCUT2D eigenvalue weighted by atomic mass is 9.73. The van der Waals surface area contributed by atoms with E-state index in [2.05, 4.69) is 5.32 Å². The smallest absolute Gasteiger partial charge is 0.408 e. The molecule has 0 aromatic carbocycles. The summed E-state index contributed by atoms with van der Waals surface area (Å²) in [5.41, 5.74) is -0.836. The highest BCUT2D eigenvalue weighted by Crippen LogP contribution is 2.35. The van der Waals surface area contributed by atoms with Crippen LogP contribution in [0.25, 0.3) is 0 Å². The van der Waals surface area contributed by atoms with Crippen LogP contribution in [-0.4, -0.2) is 23.0 Å². The van der Waals surface area contributed by atoms with Gasteiger partial charge in [-0.1, -0.05) is 6.92 Å². The van der Waals surface area contributed by atoms with E-state index in [1.807, 2.05) is 27.7 Å². The lowest BCUT2D eigenvalue weighted by molar-refractivity contribution is -0.121. The van der Waals surface area contributed by atoms with E-state index < -0.39 is 11.7 Å². The Bertz CT molecular complexity index is 313. The monoisotopic (exact) mass is 255 g/mol. The molecular weight excluding hydrogens is 230 g/mol. The number of hydrogen-bond donors (Lipinski definition) is 1. The molecule has 1 aliphatic carbocycles. The van der Waals surface area contributed by atoms with E-state index in [-0.39, 0.29) is 11.3 Å². The van der Waals surface area contributed by atoms with E-state index in [1.54, 1.807) is 0 Å². The average Bonchev–Trinajstić information content (AvgIpc) is 2.11. The zero-order valence-corrected chi connectivity index (χ0v) is 12.0. The first kappa shape index (κ1) is 15.0. The van der Waals surface area contributed by atoms with Gasteiger partial charge in [-0.2, -0.15) is 0 Å². The molecule has 1 rings (SSSR count). The first-order valence-electron chi connectivity index (χ1n) is 6.79. The maximum atomic E-state index is 11.8. The summed E-state index contributed by atoms with van der Waals surface area (Å²) in [6, 6.07) is 0. The average molecular weight is 255 g/mol. The highest BCUT2D eigenvalue weighted by Gasteiger charge is 2.40. The number of carbonyl (C=O) groups is 2. The van der Waals surface area contributed by atoms with Gasteiger partial charge in [0.2, 0.25) is 0 Å². The number of ketones is 1. The van der Waals surface area contributed by atoms with Crippen molar-refractivity contribution in [2.75, 3.05) is 0 Å². The summed E-state index contributed by atoms with van der Waals surface area (Å²) in [5.74, 6) is 0.230. The summed E-state index contributed by atoms with van der Waals surface area (Å²) in [5, 5.41) is 2.89. The molecular formula is C14H25NO3. The van der Waals surface area contributed by atoms with Gasteiger partial charge in [-0.05, 0) is 46.5 Å². The van der Waals surface area contributed by atoms with Crippen LogP contribution in [-0.2, 0) is 9.53 Å². The molecule has 104 valence electrons. The van der Waals surface area contributed by atoms with E-state index >= 15 is 0 Å². The molecule has 1 saturated carbocycles. The summed E-state index contributed by atoms with van der Waals surface area (Å²) in [4.78, 5) is 23.5. The van der Waals surface area contributed by atoms with Gasteiger partial charge >= 0.3 is 6.09 Å². The minimum absolute atomic E-state index is 0.230. The Labute approximate surface area is 109 Å². The predicted molar refractivity (Wildman–Crippen MR) is 70.5 cm³/mol. The summed E-state index contributed by atoms with van der Waals surface area (Å²) < 4.78 is 5.25. The van der Waals surface area contributed by atoms with Gasteiger partial charge < -0.3 is 10.1 Å². The molecule has 1 fully saturated rings. The van der Waals surface area contributed by atoms with E-state index in [1.165, 1.54) is 0 Å². The fourth-order valence-corrected chi connectivity index (χ4v) is 2.21. The van der Waals surface area contributed by atoms with Gasteiger partial charge in [0.1, 0.15) is 11.4 Å². The van der Waals surface area contributed by atoms with E-state index in [0.29, 0.717) is 12.8 Å². The highest BCUT2D eigenvalue weighted by atomic mass is 16.6. The molecule has 18 heavy (non-hydrogen) atoms. The van der Waals surface area contributed by atoms with E-state index in [0.717, 1.165) is 25.7 Å². The molecule has 4 nitrogen and oxygen atoms in total. The number of ether oxygens (including phenoxy) is 1. The summed E-state index contributed by atoms with van der Waals surface area (Å²) in [6.45, 7) is 7.50. The van der Waals surface area contributed by atoms with Crippen LogP contribution in [0.4, 0.5) is 4.79 Å². The molecule has 0 aromatic heterocycles. The van der Waals surface area contributed by atoms with Crippen molar-refractivity contribution in [2.45, 2.75) is 77.4 Å². The molecule has 0 radical (unpaired) electrons. The first-order valence-corrected chi connectivity index (χ1v) is 6.79. The third-order valence-electron chi connectivity index (χ3n) is 3.14. The zero-order valence-electron chi connectivity index (χ0n) is 12.0. The minimum atomic E-state index is -0.498. The number of nitrogens with one attached hydrogen (secondary N) is 1. The van der Waals surface area contributed by atoms with Crippen molar-refractivity contribution in [3.05, 3.63) is 0 Å². The SMILES string of the molecule is CCCC(=O)CC1(NC(=O)OC(C)(C)C)CCC1. The van der Waals surface area contributed by atoms with Crippen LogP contribution >= 0.6 is 0 Å². The molecule has 0 spiro atoms. The van der Waals surface area contributed by atoms with Crippen molar-refractivity contribution in [3.63, 3.8) is 0 Å². The number of carbonyl (C=O) groups excluding carboxylic acids is 2. The van der Waals surface area contributed by atoms with Crippen LogP contribution < -0.4 is 5.32 Å². The maximum absolute atomic E-state index is 11.8. The number of hydrogen-bond acceptors (Lipinski definition) is 3. The molecule has 1 amide bonds. The van der Waals surface area contributed by atoms with Crippen LogP contribution in [0.15, 0.2) is 0 Å².